The summed E-state index contributed by atoms with van der Waals surface area (Å²) in [6, 6.07) is 0. The van der Waals surface area contributed by atoms with Gasteiger partial charge in [0.15, 0.2) is 12.6 Å². The van der Waals surface area contributed by atoms with Crippen LogP contribution in [0.3, 0.4) is 0 Å². The Labute approximate surface area is 898 Å². The fourth-order valence-electron chi connectivity index (χ4n) is 24.2. The third kappa shape index (κ3) is 75.9. The van der Waals surface area contributed by atoms with Crippen molar-refractivity contribution in [3.63, 3.8) is 0 Å². The molecule has 15 nitrogen and oxygen atoms in total. The molecule has 2 saturated carbocycles. The molecular weight excluding hydrogens is 1800 g/mol. The second-order valence-electron chi connectivity index (χ2n) is 48.4. The van der Waals surface area contributed by atoms with E-state index >= 15 is 0 Å². The van der Waals surface area contributed by atoms with E-state index in [1.165, 1.54) is 539 Å². The molecule has 860 valence electrons. The number of hydrogen-bond donors (Lipinski definition) is 8. The van der Waals surface area contributed by atoms with Gasteiger partial charge in [-0.15, -0.1) is 0 Å². The molecule has 0 bridgehead atoms. The van der Waals surface area contributed by atoms with Crippen LogP contribution in [0.25, 0.3) is 0 Å². The van der Waals surface area contributed by atoms with E-state index in [0.29, 0.717) is 25.7 Å². The summed E-state index contributed by atoms with van der Waals surface area (Å²) in [6.07, 6.45) is 114. The highest BCUT2D eigenvalue weighted by Gasteiger charge is 2.51. The van der Waals surface area contributed by atoms with Crippen molar-refractivity contribution >= 4 is 11.9 Å². The van der Waals surface area contributed by atoms with Gasteiger partial charge < -0.3 is 64.5 Å². The maximum absolute atomic E-state index is 14.3. The minimum absolute atomic E-state index is 0.436. The van der Waals surface area contributed by atoms with Crippen LogP contribution in [0, 0.1) is 35.5 Å². The Hall–Kier alpha value is -1.50. The second-order valence-corrected chi connectivity index (χ2v) is 48.4. The van der Waals surface area contributed by atoms with Crippen LogP contribution in [0.15, 0.2) is 0 Å². The number of aliphatic hydroxyl groups excluding tert-OH is 8. The van der Waals surface area contributed by atoms with Gasteiger partial charge in [0.1, 0.15) is 62.0 Å². The van der Waals surface area contributed by atoms with E-state index in [2.05, 4.69) is 27.7 Å². The number of carbonyl (C=O) groups excluding carboxylic acids is 2. The lowest BCUT2D eigenvalue weighted by Gasteiger charge is -2.44. The molecule has 0 aromatic heterocycles. The summed E-state index contributed by atoms with van der Waals surface area (Å²) in [4.78, 5) is 28.7. The lowest BCUT2D eigenvalue weighted by Crippen LogP contribution is -2.64. The van der Waals surface area contributed by atoms with Gasteiger partial charge in [0.25, 0.3) is 0 Å². The van der Waals surface area contributed by atoms with Crippen LogP contribution in [0.5, 0.6) is 0 Å². The van der Waals surface area contributed by atoms with Crippen LogP contribution < -0.4 is 0 Å². The molecule has 4 rings (SSSR count). The van der Waals surface area contributed by atoms with Crippen molar-refractivity contribution in [3.8, 4) is 0 Å². The fourth-order valence-corrected chi connectivity index (χ4v) is 24.2. The molecular formula is C130H250O15. The van der Waals surface area contributed by atoms with Gasteiger partial charge in [-0.1, -0.05) is 657 Å². The number of hydrogen-bond acceptors (Lipinski definition) is 15. The van der Waals surface area contributed by atoms with Crippen molar-refractivity contribution in [2.24, 2.45) is 35.5 Å². The van der Waals surface area contributed by atoms with E-state index in [1.54, 1.807) is 0 Å². The first-order valence-corrected chi connectivity index (χ1v) is 66.0. The summed E-state index contributed by atoms with van der Waals surface area (Å²) < 4.78 is 30.0. The molecule has 8 N–H and O–H groups in total. The standard InChI is InChI=1S/C130H250O15/c1-5-9-13-17-21-25-29-33-37-41-43-45-47-49-51-53-57-61-65-69-81-89-97-105-117(131)115(103-95-87-79-73-71-77-85-93-101-113-107-111(113)99-91-83-75-67-63-59-55-39-35-31-27-23-19-15-11-7-3)127(139)141-109-119-121(133)123(135)125(137)129(143-119)145-130-126(138)124(136)122(134)120(144-130)110-142-128(140)116(118(132)106-98-90-82-70-66-62-58-54-52-50-48-46-44-42-38-34-30-26-22-18-14-10-6-2)104-96-88-80-74-72-78-86-94-102-114-108-112(114)100-92-84-76-68-64-60-56-40-36-32-28-24-20-16-12-8-4/h111-126,129-138H,5-110H2,1-4H3. The first-order valence-electron chi connectivity index (χ1n) is 66.0. The highest BCUT2D eigenvalue weighted by molar-refractivity contribution is 5.73. The fraction of sp³-hybridized carbons (Fsp3) is 0.985. The molecule has 0 aromatic rings. The highest BCUT2D eigenvalue weighted by Crippen LogP contribution is 2.47. The number of esters is 2. The minimum Gasteiger partial charge on any atom is -0.463 e. The van der Waals surface area contributed by atoms with Gasteiger partial charge in [-0.2, -0.15) is 0 Å². The second kappa shape index (κ2) is 99.3. The lowest BCUT2D eigenvalue weighted by molar-refractivity contribution is -0.376. The smallest absolute Gasteiger partial charge is 0.311 e. The molecule has 18 atom stereocenters. The van der Waals surface area contributed by atoms with Crippen molar-refractivity contribution in [2.75, 3.05) is 13.2 Å². The number of carbonyl (C=O) groups is 2. The van der Waals surface area contributed by atoms with Crippen LogP contribution in [-0.2, 0) is 33.3 Å². The summed E-state index contributed by atoms with van der Waals surface area (Å²) in [5.41, 5.74) is 0. The van der Waals surface area contributed by atoms with E-state index in [4.69, 9.17) is 23.7 Å². The van der Waals surface area contributed by atoms with Crippen molar-refractivity contribution in [3.05, 3.63) is 0 Å². The first-order chi connectivity index (χ1) is 71.3. The summed E-state index contributed by atoms with van der Waals surface area (Å²) >= 11 is 0. The molecule has 145 heavy (non-hydrogen) atoms. The van der Waals surface area contributed by atoms with E-state index in [-0.39, 0.29) is 0 Å². The largest absolute Gasteiger partial charge is 0.463 e. The van der Waals surface area contributed by atoms with Gasteiger partial charge in [0.05, 0.1) is 24.0 Å². The Morgan fingerprint density at radius 1 is 0.207 bits per heavy atom. The zero-order valence-corrected chi connectivity index (χ0v) is 96.8. The number of rotatable bonds is 114. The predicted molar refractivity (Wildman–Crippen MR) is 612 cm³/mol. The maximum atomic E-state index is 14.3. The van der Waals surface area contributed by atoms with Crippen LogP contribution in [-0.4, -0.2) is 140 Å². The van der Waals surface area contributed by atoms with Crippen LogP contribution in [0.4, 0.5) is 0 Å². The predicted octanol–water partition coefficient (Wildman–Crippen LogP) is 36.8. The van der Waals surface area contributed by atoms with Crippen molar-refractivity contribution in [1.29, 1.82) is 0 Å². The van der Waals surface area contributed by atoms with Crippen molar-refractivity contribution < 1.29 is 74.1 Å². The van der Waals surface area contributed by atoms with Crippen LogP contribution in [0.2, 0.25) is 0 Å². The highest BCUT2D eigenvalue weighted by atomic mass is 16.8. The van der Waals surface area contributed by atoms with Gasteiger partial charge in [0, 0.05) is 0 Å². The molecule has 0 amide bonds. The average Bonchev–Trinajstić information content (AvgIpc) is 1.66. The molecule has 4 aliphatic rings. The topological polar surface area (TPSA) is 242 Å². The maximum Gasteiger partial charge on any atom is 0.311 e. The molecule has 0 spiro atoms. The van der Waals surface area contributed by atoms with E-state index < -0.39 is 111 Å². The van der Waals surface area contributed by atoms with Crippen molar-refractivity contribution in [1.82, 2.24) is 0 Å². The molecule has 2 aliphatic heterocycles. The van der Waals surface area contributed by atoms with E-state index in [9.17, 15) is 50.4 Å². The van der Waals surface area contributed by atoms with Gasteiger partial charge in [-0.25, -0.2) is 0 Å². The Morgan fingerprint density at radius 2 is 0.359 bits per heavy atom. The third-order valence-corrected chi connectivity index (χ3v) is 34.8. The summed E-state index contributed by atoms with van der Waals surface area (Å²) in [6.45, 7) is 8.08. The average molecular weight is 2050 g/mol. The quantitative estimate of drug-likeness (QED) is 0.0209. The van der Waals surface area contributed by atoms with Gasteiger partial charge >= 0.3 is 11.9 Å². The third-order valence-electron chi connectivity index (χ3n) is 34.8. The number of unbranched alkanes of at least 4 members (excludes halogenated alkanes) is 88. The summed E-state index contributed by atoms with van der Waals surface area (Å²) in [5, 5.41) is 91.9. The number of ether oxygens (including phenoxy) is 5. The molecule has 2 heterocycles. The normalized spacial score (nSPS) is 21.9. The van der Waals surface area contributed by atoms with E-state index in [1.807, 2.05) is 0 Å². The Kier molecular flexibility index (Phi) is 93.0. The van der Waals surface area contributed by atoms with Gasteiger partial charge in [0.2, 0.25) is 0 Å². The summed E-state index contributed by atoms with van der Waals surface area (Å²) in [7, 11) is 0. The molecule has 18 unspecified atom stereocenters. The van der Waals surface area contributed by atoms with Crippen LogP contribution in [0.1, 0.15) is 695 Å². The molecule has 0 radical (unpaired) electrons. The van der Waals surface area contributed by atoms with Crippen molar-refractivity contribution in [2.45, 2.75) is 769 Å². The number of aliphatic hydroxyl groups is 8. The summed E-state index contributed by atoms with van der Waals surface area (Å²) in [5.74, 6) is 0.951. The lowest BCUT2D eigenvalue weighted by atomic mass is 9.91. The van der Waals surface area contributed by atoms with E-state index in [0.717, 1.165) is 126 Å². The Morgan fingerprint density at radius 3 is 0.531 bits per heavy atom. The molecule has 15 heteroatoms. The molecule has 2 aliphatic carbocycles. The minimum atomic E-state index is -1.90. The Bertz CT molecular complexity index is 2530. The monoisotopic (exact) mass is 2050 g/mol. The Balaban J connectivity index is 1.22. The first kappa shape index (κ1) is 136. The zero-order chi connectivity index (χ0) is 104. The molecule has 4 fully saturated rings. The SMILES string of the molecule is CCCCCCCCCCCCCCCCCCCCCCCCCC(O)C(CCCCCCCCCCC1CC1CCCCCCCCCCCCCCCCCC)C(=O)OCC1OC(OC2OC(COC(=O)C(CCCCCCCCCCC3CC3CCCCCCCCCCCCCCCCCC)C(O)CCCCCCCCCCCCCCCCCCCCCCCCC)C(O)C(O)C2O)C(O)C(O)C1O. The molecule has 0 aromatic carbocycles. The zero-order valence-electron chi connectivity index (χ0n) is 96.8. The van der Waals surface area contributed by atoms with Gasteiger partial charge in [-0.3, -0.25) is 9.59 Å². The molecule has 2 saturated heterocycles. The van der Waals surface area contributed by atoms with Crippen LogP contribution >= 0.6 is 0 Å². The van der Waals surface area contributed by atoms with Gasteiger partial charge in [-0.05, 0) is 62.2 Å².